The first-order valence-electron chi connectivity index (χ1n) is 8.36. The van der Waals surface area contributed by atoms with Crippen LogP contribution in [0.2, 0.25) is 0 Å². The van der Waals surface area contributed by atoms with E-state index >= 15 is 0 Å². The Morgan fingerprint density at radius 3 is 2.64 bits per heavy atom. The summed E-state index contributed by atoms with van der Waals surface area (Å²) in [7, 11) is 1.59. The smallest absolute Gasteiger partial charge is 0.254 e. The Morgan fingerprint density at radius 2 is 2.00 bits per heavy atom. The van der Waals surface area contributed by atoms with Crippen LogP contribution in [0.3, 0.4) is 0 Å². The summed E-state index contributed by atoms with van der Waals surface area (Å²) in [4.78, 5) is 25.1. The zero-order chi connectivity index (χ0) is 18.0. The second kappa shape index (κ2) is 6.92. The van der Waals surface area contributed by atoms with Crippen LogP contribution < -0.4 is 21.7 Å². The number of nitrogens with zero attached hydrogens (tertiary/aromatic N) is 3. The van der Waals surface area contributed by atoms with Crippen molar-refractivity contribution in [3.05, 3.63) is 29.7 Å². The molecule has 0 atom stereocenters. The van der Waals surface area contributed by atoms with E-state index in [1.54, 1.807) is 19.2 Å². The van der Waals surface area contributed by atoms with E-state index in [1.807, 2.05) is 13.8 Å². The van der Waals surface area contributed by atoms with E-state index in [9.17, 15) is 4.79 Å². The van der Waals surface area contributed by atoms with Crippen LogP contribution >= 0.6 is 0 Å². The van der Waals surface area contributed by atoms with Crippen LogP contribution in [0.5, 0.6) is 0 Å². The lowest BCUT2D eigenvalue weighted by atomic mass is 10.2. The number of nitrogens with one attached hydrogen (secondary N) is 3. The molecule has 0 unspecified atom stereocenters. The van der Waals surface area contributed by atoms with Gasteiger partial charge in [-0.1, -0.05) is 0 Å². The van der Waals surface area contributed by atoms with Gasteiger partial charge in [0.05, 0.1) is 11.3 Å². The second-order valence-corrected chi connectivity index (χ2v) is 6.43. The number of nitrogen functional groups attached to an aromatic ring is 1. The van der Waals surface area contributed by atoms with E-state index in [0.29, 0.717) is 34.6 Å². The first-order valence-corrected chi connectivity index (χ1v) is 8.36. The molecule has 8 heteroatoms. The standard InChI is InChI=1S/C17H23N7O/c1-9(2)21-12-6-14(20-8-11(12)17(25)19-3)23-15-7-13(18)22-16(24-15)10-4-5-10/h6-10H,4-5H2,1-3H3,(H,19,25)(H4,18,20,21,22,23,24). The summed E-state index contributed by atoms with van der Waals surface area (Å²) in [5.74, 6) is 2.60. The summed E-state index contributed by atoms with van der Waals surface area (Å²) in [6.45, 7) is 4.02. The van der Waals surface area contributed by atoms with Crippen LogP contribution in [0.25, 0.3) is 0 Å². The molecule has 3 rings (SSSR count). The van der Waals surface area contributed by atoms with Crippen molar-refractivity contribution < 1.29 is 4.79 Å². The molecule has 8 nitrogen and oxygen atoms in total. The molecule has 1 aliphatic rings. The minimum atomic E-state index is -0.190. The maximum atomic E-state index is 12.0. The minimum Gasteiger partial charge on any atom is -0.384 e. The molecule has 25 heavy (non-hydrogen) atoms. The molecule has 132 valence electrons. The molecule has 1 amide bonds. The highest BCUT2D eigenvalue weighted by molar-refractivity contribution is 5.99. The molecule has 1 saturated carbocycles. The van der Waals surface area contributed by atoms with E-state index in [2.05, 4.69) is 30.9 Å². The van der Waals surface area contributed by atoms with Gasteiger partial charge in [0.1, 0.15) is 23.3 Å². The normalized spacial score (nSPS) is 13.6. The highest BCUT2D eigenvalue weighted by Crippen LogP contribution is 2.38. The molecule has 1 fully saturated rings. The number of carbonyl (C=O) groups is 1. The van der Waals surface area contributed by atoms with E-state index in [-0.39, 0.29) is 11.9 Å². The lowest BCUT2D eigenvalue weighted by molar-refractivity contribution is 0.0963. The molecule has 0 spiro atoms. The van der Waals surface area contributed by atoms with Crippen molar-refractivity contribution in [1.82, 2.24) is 20.3 Å². The number of pyridine rings is 1. The summed E-state index contributed by atoms with van der Waals surface area (Å²) in [5.41, 5.74) is 7.07. The third-order valence-corrected chi connectivity index (χ3v) is 3.78. The van der Waals surface area contributed by atoms with Gasteiger partial charge in [-0.2, -0.15) is 0 Å². The number of hydrogen-bond donors (Lipinski definition) is 4. The number of anilines is 4. The second-order valence-electron chi connectivity index (χ2n) is 6.43. The first kappa shape index (κ1) is 16.9. The maximum Gasteiger partial charge on any atom is 0.254 e. The number of rotatable bonds is 6. The number of nitrogens with two attached hydrogens (primary N) is 1. The van der Waals surface area contributed by atoms with Crippen molar-refractivity contribution in [2.75, 3.05) is 23.4 Å². The van der Waals surface area contributed by atoms with Gasteiger partial charge in [-0.05, 0) is 26.7 Å². The zero-order valence-corrected chi connectivity index (χ0v) is 14.6. The molecule has 5 N–H and O–H groups in total. The van der Waals surface area contributed by atoms with E-state index < -0.39 is 0 Å². The fraction of sp³-hybridized carbons (Fsp3) is 0.412. The van der Waals surface area contributed by atoms with Gasteiger partial charge in [0.2, 0.25) is 0 Å². The van der Waals surface area contributed by atoms with Crippen molar-refractivity contribution in [2.24, 2.45) is 0 Å². The number of hydrogen-bond acceptors (Lipinski definition) is 7. The van der Waals surface area contributed by atoms with Crippen molar-refractivity contribution in [3.63, 3.8) is 0 Å². The molecule has 0 radical (unpaired) electrons. The van der Waals surface area contributed by atoms with Gasteiger partial charge >= 0.3 is 0 Å². The van der Waals surface area contributed by atoms with Gasteiger partial charge in [-0.25, -0.2) is 15.0 Å². The SMILES string of the molecule is CNC(=O)c1cnc(Nc2cc(N)nc(C3CC3)n2)cc1NC(C)C. The highest BCUT2D eigenvalue weighted by Gasteiger charge is 2.27. The maximum absolute atomic E-state index is 12.0. The molecular weight excluding hydrogens is 318 g/mol. The molecule has 0 bridgehead atoms. The molecule has 2 aromatic rings. The lowest BCUT2D eigenvalue weighted by Crippen LogP contribution is -2.22. The molecular formula is C17H23N7O. The summed E-state index contributed by atoms with van der Waals surface area (Å²) in [6, 6.07) is 3.64. The Kier molecular flexibility index (Phi) is 4.69. The quantitative estimate of drug-likeness (QED) is 0.636. The Hall–Kier alpha value is -2.90. The first-order chi connectivity index (χ1) is 12.0. The van der Waals surface area contributed by atoms with Crippen LogP contribution in [0.15, 0.2) is 18.3 Å². The summed E-state index contributed by atoms with van der Waals surface area (Å²) in [5, 5.41) is 9.04. The summed E-state index contributed by atoms with van der Waals surface area (Å²) in [6.07, 6.45) is 3.74. The van der Waals surface area contributed by atoms with E-state index in [4.69, 9.17) is 5.73 Å². The number of carbonyl (C=O) groups excluding carboxylic acids is 1. The number of aromatic nitrogens is 3. The van der Waals surface area contributed by atoms with Crippen molar-refractivity contribution in [2.45, 2.75) is 38.6 Å². The molecule has 2 aromatic heterocycles. The Bertz CT molecular complexity index is 787. The molecule has 0 aromatic carbocycles. The lowest BCUT2D eigenvalue weighted by Gasteiger charge is -2.15. The zero-order valence-electron chi connectivity index (χ0n) is 14.6. The fourth-order valence-corrected chi connectivity index (χ4v) is 2.47. The average Bonchev–Trinajstić information content (AvgIpc) is 3.38. The Balaban J connectivity index is 1.88. The topological polar surface area (TPSA) is 118 Å². The molecule has 0 aliphatic heterocycles. The van der Waals surface area contributed by atoms with Gasteiger partial charge < -0.3 is 21.7 Å². The predicted octanol–water partition coefficient (Wildman–Crippen LogP) is 2.25. The van der Waals surface area contributed by atoms with Crippen LogP contribution in [0.1, 0.15) is 48.8 Å². The Morgan fingerprint density at radius 1 is 1.24 bits per heavy atom. The largest absolute Gasteiger partial charge is 0.384 e. The molecule has 1 aliphatic carbocycles. The van der Waals surface area contributed by atoms with Crippen LogP contribution in [-0.4, -0.2) is 33.9 Å². The molecule has 2 heterocycles. The van der Waals surface area contributed by atoms with Crippen molar-refractivity contribution in [1.29, 1.82) is 0 Å². The highest BCUT2D eigenvalue weighted by atomic mass is 16.1. The van der Waals surface area contributed by atoms with E-state index in [1.165, 1.54) is 6.20 Å². The Labute approximate surface area is 146 Å². The summed E-state index contributed by atoms with van der Waals surface area (Å²) < 4.78 is 0. The fourth-order valence-electron chi connectivity index (χ4n) is 2.47. The van der Waals surface area contributed by atoms with Gasteiger partial charge in [-0.3, -0.25) is 4.79 Å². The third kappa shape index (κ3) is 4.14. The van der Waals surface area contributed by atoms with Gasteiger partial charge in [-0.15, -0.1) is 0 Å². The van der Waals surface area contributed by atoms with Gasteiger partial charge in [0.15, 0.2) is 0 Å². The van der Waals surface area contributed by atoms with Crippen molar-refractivity contribution >= 4 is 29.0 Å². The third-order valence-electron chi connectivity index (χ3n) is 3.78. The molecule has 0 saturated heterocycles. The van der Waals surface area contributed by atoms with Gasteiger partial charge in [0, 0.05) is 37.3 Å². The minimum absolute atomic E-state index is 0.176. The van der Waals surface area contributed by atoms with E-state index in [0.717, 1.165) is 18.7 Å². The number of amides is 1. The average molecular weight is 341 g/mol. The summed E-state index contributed by atoms with van der Waals surface area (Å²) >= 11 is 0. The van der Waals surface area contributed by atoms with Crippen LogP contribution in [0.4, 0.5) is 23.1 Å². The van der Waals surface area contributed by atoms with Gasteiger partial charge in [0.25, 0.3) is 5.91 Å². The van der Waals surface area contributed by atoms with Crippen molar-refractivity contribution in [3.8, 4) is 0 Å². The predicted molar refractivity (Wildman–Crippen MR) is 98.1 cm³/mol. The van der Waals surface area contributed by atoms with Crippen LogP contribution in [-0.2, 0) is 0 Å². The van der Waals surface area contributed by atoms with Crippen LogP contribution in [0, 0.1) is 0 Å². The monoisotopic (exact) mass is 341 g/mol.